The predicted octanol–water partition coefficient (Wildman–Crippen LogP) is 5.54. The summed E-state index contributed by atoms with van der Waals surface area (Å²) in [5, 5.41) is 2.79. The molecule has 0 bridgehead atoms. The minimum atomic E-state index is -4.52. The van der Waals surface area contributed by atoms with Crippen LogP contribution in [0.3, 0.4) is 0 Å². The highest BCUT2D eigenvalue weighted by Gasteiger charge is 2.30. The van der Waals surface area contributed by atoms with Gasteiger partial charge in [0.15, 0.2) is 5.15 Å². The van der Waals surface area contributed by atoms with Crippen LogP contribution in [-0.2, 0) is 6.18 Å². The highest BCUT2D eigenvalue weighted by Crippen LogP contribution is 2.30. The van der Waals surface area contributed by atoms with E-state index >= 15 is 0 Å². The van der Waals surface area contributed by atoms with Crippen LogP contribution < -0.4 is 10.1 Å². The van der Waals surface area contributed by atoms with Gasteiger partial charge >= 0.3 is 6.18 Å². The first kappa shape index (κ1) is 20.6. The topological polar surface area (TPSA) is 64.1 Å². The van der Waals surface area contributed by atoms with E-state index in [9.17, 15) is 18.0 Å². The molecule has 0 aliphatic rings. The van der Waals surface area contributed by atoms with E-state index in [1.54, 1.807) is 31.2 Å². The molecule has 0 aliphatic carbocycles. The number of hydrogen-bond donors (Lipinski definition) is 1. The van der Waals surface area contributed by atoms with Crippen LogP contribution in [0.5, 0.6) is 5.88 Å². The summed E-state index contributed by atoms with van der Waals surface area (Å²) in [7, 11) is 0. The van der Waals surface area contributed by atoms with Crippen molar-refractivity contribution >= 4 is 23.2 Å². The second-order valence-corrected chi connectivity index (χ2v) is 6.49. The molecule has 0 aliphatic heterocycles. The van der Waals surface area contributed by atoms with Gasteiger partial charge in [-0.05, 0) is 42.8 Å². The number of nitrogens with zero attached hydrogens (tertiary/aromatic N) is 2. The molecule has 150 valence electrons. The third-order valence-electron chi connectivity index (χ3n) is 3.95. The molecule has 1 atom stereocenters. The van der Waals surface area contributed by atoms with Crippen LogP contribution in [0.4, 0.5) is 18.9 Å². The zero-order valence-electron chi connectivity index (χ0n) is 15.1. The fourth-order valence-electron chi connectivity index (χ4n) is 2.54. The Balaban J connectivity index is 1.73. The van der Waals surface area contributed by atoms with E-state index in [2.05, 4.69) is 15.3 Å². The van der Waals surface area contributed by atoms with E-state index in [4.69, 9.17) is 16.3 Å². The van der Waals surface area contributed by atoms with Crippen molar-refractivity contribution in [3.63, 3.8) is 0 Å². The Kier molecular flexibility index (Phi) is 6.03. The first-order valence-electron chi connectivity index (χ1n) is 8.45. The van der Waals surface area contributed by atoms with Crippen molar-refractivity contribution in [2.45, 2.75) is 19.2 Å². The van der Waals surface area contributed by atoms with E-state index in [1.165, 1.54) is 24.5 Å². The van der Waals surface area contributed by atoms with Crippen molar-refractivity contribution in [3.8, 4) is 5.88 Å². The molecule has 1 N–H and O–H groups in total. The van der Waals surface area contributed by atoms with Crippen molar-refractivity contribution in [3.05, 3.63) is 82.8 Å². The average Bonchev–Trinajstić information content (AvgIpc) is 2.67. The molecule has 3 rings (SSSR count). The highest BCUT2D eigenvalue weighted by molar-refractivity contribution is 6.29. The van der Waals surface area contributed by atoms with E-state index in [0.717, 1.165) is 12.1 Å². The Hall–Kier alpha value is -3.13. The first-order valence-corrected chi connectivity index (χ1v) is 8.83. The van der Waals surface area contributed by atoms with Gasteiger partial charge in [-0.15, -0.1) is 0 Å². The van der Waals surface area contributed by atoms with Gasteiger partial charge in [0.2, 0.25) is 5.88 Å². The molecule has 0 saturated carbocycles. The number of aromatic nitrogens is 2. The summed E-state index contributed by atoms with van der Waals surface area (Å²) >= 11 is 5.78. The number of halogens is 4. The van der Waals surface area contributed by atoms with Gasteiger partial charge in [0.25, 0.3) is 5.91 Å². The molecule has 5 nitrogen and oxygen atoms in total. The Morgan fingerprint density at radius 1 is 1.14 bits per heavy atom. The number of hydrogen-bond acceptors (Lipinski definition) is 4. The second kappa shape index (κ2) is 8.48. The van der Waals surface area contributed by atoms with Gasteiger partial charge in [-0.2, -0.15) is 18.2 Å². The van der Waals surface area contributed by atoms with E-state index in [-0.39, 0.29) is 16.6 Å². The third-order valence-corrected chi connectivity index (χ3v) is 4.13. The normalized spacial score (nSPS) is 12.3. The molecule has 0 radical (unpaired) electrons. The minimum absolute atomic E-state index is 0.0938. The number of rotatable bonds is 5. The standard InChI is InChI=1S/C20H15ClF3N3O2/c1-12(29-18-11-25-10-17(21)27-18)13-4-3-7-16(9-13)26-19(28)14-5-2-6-15(8-14)20(22,23)24/h2-12H,1H3,(H,26,28)/t12-/m1/s1. The smallest absolute Gasteiger partial charge is 0.416 e. The van der Waals surface area contributed by atoms with Gasteiger partial charge < -0.3 is 10.1 Å². The minimum Gasteiger partial charge on any atom is -0.469 e. The SMILES string of the molecule is C[C@@H](Oc1cncc(Cl)n1)c1cccc(NC(=O)c2cccc(C(F)(F)F)c2)c1. The number of nitrogens with one attached hydrogen (secondary N) is 1. The number of benzene rings is 2. The lowest BCUT2D eigenvalue weighted by molar-refractivity contribution is -0.137. The maximum Gasteiger partial charge on any atom is 0.416 e. The predicted molar refractivity (Wildman–Crippen MR) is 102 cm³/mol. The van der Waals surface area contributed by atoms with Crippen molar-refractivity contribution in [1.82, 2.24) is 9.97 Å². The van der Waals surface area contributed by atoms with Gasteiger partial charge in [0, 0.05) is 11.3 Å². The lowest BCUT2D eigenvalue weighted by atomic mass is 10.1. The van der Waals surface area contributed by atoms with Crippen LogP contribution in [0.2, 0.25) is 5.15 Å². The molecule has 0 spiro atoms. The first-order chi connectivity index (χ1) is 13.7. The Bertz CT molecular complexity index is 1030. The molecule has 0 saturated heterocycles. The molecule has 2 aromatic carbocycles. The van der Waals surface area contributed by atoms with Gasteiger partial charge in [-0.1, -0.05) is 29.8 Å². The van der Waals surface area contributed by atoms with Crippen molar-refractivity contribution in [1.29, 1.82) is 0 Å². The van der Waals surface area contributed by atoms with Crippen molar-refractivity contribution in [2.75, 3.05) is 5.32 Å². The number of anilines is 1. The van der Waals surface area contributed by atoms with Crippen molar-refractivity contribution < 1.29 is 22.7 Å². The van der Waals surface area contributed by atoms with Crippen LogP contribution in [0.1, 0.15) is 34.5 Å². The van der Waals surface area contributed by atoms with Crippen LogP contribution in [-0.4, -0.2) is 15.9 Å². The molecule has 1 heterocycles. The zero-order valence-corrected chi connectivity index (χ0v) is 15.8. The lowest BCUT2D eigenvalue weighted by Gasteiger charge is -2.15. The third kappa shape index (κ3) is 5.45. The summed E-state index contributed by atoms with van der Waals surface area (Å²) in [4.78, 5) is 20.2. The maximum absolute atomic E-state index is 12.8. The summed E-state index contributed by atoms with van der Waals surface area (Å²) in [6.07, 6.45) is -2.16. The van der Waals surface area contributed by atoms with Gasteiger partial charge in [0.05, 0.1) is 18.0 Å². The largest absolute Gasteiger partial charge is 0.469 e. The van der Waals surface area contributed by atoms with Crippen LogP contribution in [0.25, 0.3) is 0 Å². The molecule has 1 aromatic heterocycles. The van der Waals surface area contributed by atoms with Gasteiger partial charge in [-0.3, -0.25) is 9.78 Å². The molecular formula is C20H15ClF3N3O2. The maximum atomic E-state index is 12.8. The van der Waals surface area contributed by atoms with E-state index in [0.29, 0.717) is 11.3 Å². The summed E-state index contributed by atoms with van der Waals surface area (Å²) in [5.41, 5.74) is 0.151. The van der Waals surface area contributed by atoms with Crippen LogP contribution in [0, 0.1) is 0 Å². The zero-order chi connectivity index (χ0) is 21.0. The van der Waals surface area contributed by atoms with E-state index < -0.39 is 23.8 Å². The Morgan fingerprint density at radius 3 is 2.62 bits per heavy atom. The molecular weight excluding hydrogens is 407 g/mol. The fraction of sp³-hybridized carbons (Fsp3) is 0.150. The highest BCUT2D eigenvalue weighted by atomic mass is 35.5. The fourth-order valence-corrected chi connectivity index (χ4v) is 2.68. The number of carbonyl (C=O) groups excluding carboxylic acids is 1. The Morgan fingerprint density at radius 2 is 1.90 bits per heavy atom. The molecule has 0 fully saturated rings. The number of amides is 1. The number of carbonyl (C=O) groups is 1. The van der Waals surface area contributed by atoms with Gasteiger partial charge in [-0.25, -0.2) is 0 Å². The summed E-state index contributed by atoms with van der Waals surface area (Å²) < 4.78 is 44.2. The summed E-state index contributed by atoms with van der Waals surface area (Å²) in [6, 6.07) is 11.0. The van der Waals surface area contributed by atoms with Crippen molar-refractivity contribution in [2.24, 2.45) is 0 Å². The lowest BCUT2D eigenvalue weighted by Crippen LogP contribution is -2.14. The average molecular weight is 422 g/mol. The van der Waals surface area contributed by atoms with E-state index in [1.807, 2.05) is 0 Å². The molecule has 3 aromatic rings. The second-order valence-electron chi connectivity index (χ2n) is 6.10. The molecule has 9 heteroatoms. The monoisotopic (exact) mass is 421 g/mol. The van der Waals surface area contributed by atoms with Crippen LogP contribution >= 0.6 is 11.6 Å². The molecule has 1 amide bonds. The number of ether oxygens (including phenoxy) is 1. The quantitative estimate of drug-likeness (QED) is 0.587. The summed E-state index contributed by atoms with van der Waals surface area (Å²) in [6.45, 7) is 1.77. The number of alkyl halides is 3. The van der Waals surface area contributed by atoms with Gasteiger partial charge in [0.1, 0.15) is 6.10 Å². The molecule has 0 unspecified atom stereocenters. The van der Waals surface area contributed by atoms with Crippen LogP contribution in [0.15, 0.2) is 60.9 Å². The molecule has 29 heavy (non-hydrogen) atoms. The summed E-state index contributed by atoms with van der Waals surface area (Å²) in [5.74, 6) is -0.411. The Labute approximate surface area is 169 Å².